The minimum Gasteiger partial charge on any atom is -0.504 e. The molecule has 3 amide bonds. The second-order valence-corrected chi connectivity index (χ2v) is 11.9. The molecule has 2 saturated heterocycles. The fourth-order valence-corrected chi connectivity index (χ4v) is 5.80. The molecule has 0 spiro atoms. The standard InChI is InChI=1S/C25H31B4FN4O7/c26-24(27)20(21(38)32-23(40)25(24,28)29)34-10-13-15(22(34)39)17(35)19(37)18(36)16(13)31-8-12-2-1-11(7-14(12)30)9-33-3-5-41-6-4-33/h1-2,7,20,31,35-37H,3-6,8-10,26-29H2,(H,32,38,40). The highest BCUT2D eigenvalue weighted by Crippen LogP contribution is 2.54. The lowest BCUT2D eigenvalue weighted by Gasteiger charge is -2.52. The lowest BCUT2D eigenvalue weighted by Crippen LogP contribution is -2.66. The molecule has 1 unspecified atom stereocenters. The zero-order chi connectivity index (χ0) is 29.9. The van der Waals surface area contributed by atoms with E-state index in [0.29, 0.717) is 19.8 Å². The highest BCUT2D eigenvalue weighted by molar-refractivity contribution is 6.63. The van der Waals surface area contributed by atoms with Gasteiger partial charge in [0.25, 0.3) is 5.91 Å². The Balaban J connectivity index is 1.42. The van der Waals surface area contributed by atoms with Gasteiger partial charge in [0.05, 0.1) is 24.5 Å². The number of phenolic OH excluding ortho intramolecular Hbond substituents is 3. The van der Waals surface area contributed by atoms with Gasteiger partial charge in [-0.2, -0.15) is 0 Å². The number of amides is 3. The normalized spacial score (nSPS) is 21.9. The average molecular weight is 562 g/mol. The Morgan fingerprint density at radius 1 is 1.05 bits per heavy atom. The van der Waals surface area contributed by atoms with Crippen LogP contribution in [-0.4, -0.2) is 107 Å². The van der Waals surface area contributed by atoms with Gasteiger partial charge < -0.3 is 30.3 Å². The fraction of sp³-hybridized carbons (Fsp3) is 0.400. The summed E-state index contributed by atoms with van der Waals surface area (Å²) in [5.41, 5.74) is 0.890. The van der Waals surface area contributed by atoms with Crippen LogP contribution >= 0.6 is 0 Å². The van der Waals surface area contributed by atoms with E-state index in [1.54, 1.807) is 37.5 Å². The molecular formula is C25H31B4FN4O7. The van der Waals surface area contributed by atoms with Crippen molar-refractivity contribution in [2.75, 3.05) is 31.6 Å². The molecule has 2 aromatic carbocycles. The van der Waals surface area contributed by atoms with Crippen LogP contribution in [0.3, 0.4) is 0 Å². The van der Waals surface area contributed by atoms with Gasteiger partial charge in [-0.15, -0.1) is 0 Å². The maximum Gasteiger partial charge on any atom is 0.259 e. The van der Waals surface area contributed by atoms with E-state index < -0.39 is 57.3 Å². The Morgan fingerprint density at radius 3 is 2.39 bits per heavy atom. The lowest BCUT2D eigenvalue weighted by atomic mass is 9.26. The third-order valence-electron chi connectivity index (χ3n) is 9.07. The summed E-state index contributed by atoms with van der Waals surface area (Å²) in [6, 6.07) is 3.79. The van der Waals surface area contributed by atoms with E-state index in [9.17, 15) is 29.7 Å². The quantitative estimate of drug-likeness (QED) is 0.109. The lowest BCUT2D eigenvalue weighted by molar-refractivity contribution is -0.138. The largest absolute Gasteiger partial charge is 0.504 e. The molecule has 0 radical (unpaired) electrons. The van der Waals surface area contributed by atoms with Gasteiger partial charge in [-0.05, 0) is 16.8 Å². The van der Waals surface area contributed by atoms with Gasteiger partial charge in [-0.3, -0.25) is 24.6 Å². The summed E-state index contributed by atoms with van der Waals surface area (Å²) in [5.74, 6) is -4.78. The van der Waals surface area contributed by atoms with E-state index in [2.05, 4.69) is 15.5 Å². The Kier molecular flexibility index (Phi) is 7.27. The predicted octanol–water partition coefficient (Wildman–Crippen LogP) is -2.87. The first-order chi connectivity index (χ1) is 19.3. The first kappa shape index (κ1) is 28.9. The molecule has 212 valence electrons. The zero-order valence-corrected chi connectivity index (χ0v) is 23.5. The molecule has 0 aliphatic carbocycles. The number of piperidine rings is 1. The van der Waals surface area contributed by atoms with Crippen molar-refractivity contribution in [2.45, 2.75) is 36.1 Å². The predicted molar refractivity (Wildman–Crippen MR) is 158 cm³/mol. The monoisotopic (exact) mass is 562 g/mol. The maximum atomic E-state index is 15.1. The van der Waals surface area contributed by atoms with E-state index in [4.69, 9.17) is 4.74 Å². The third-order valence-corrected chi connectivity index (χ3v) is 9.07. The third kappa shape index (κ3) is 4.72. The van der Waals surface area contributed by atoms with Gasteiger partial charge in [0.15, 0.2) is 11.5 Å². The number of ether oxygens (including phenoxy) is 1. The molecule has 3 aliphatic rings. The van der Waals surface area contributed by atoms with Crippen molar-refractivity contribution in [1.82, 2.24) is 15.1 Å². The van der Waals surface area contributed by atoms with Gasteiger partial charge >= 0.3 is 0 Å². The number of hydrogen-bond donors (Lipinski definition) is 5. The second-order valence-electron chi connectivity index (χ2n) is 11.9. The van der Waals surface area contributed by atoms with Crippen LogP contribution < -0.4 is 10.6 Å². The second kappa shape index (κ2) is 10.3. The molecule has 0 saturated carbocycles. The summed E-state index contributed by atoms with van der Waals surface area (Å²) in [6.45, 7) is 3.09. The van der Waals surface area contributed by atoms with Crippen molar-refractivity contribution in [3.8, 4) is 17.2 Å². The smallest absolute Gasteiger partial charge is 0.259 e. The zero-order valence-electron chi connectivity index (χ0n) is 23.5. The molecule has 16 heteroatoms. The SMILES string of the molecule is BC1(B)C(=O)NC(=O)C(N2Cc3c(NCc4ccc(CN5CCOCC5)cc4F)c(O)c(O)c(O)c3C2=O)C1(B)B. The van der Waals surface area contributed by atoms with Gasteiger partial charge in [-0.1, -0.05) is 17.3 Å². The van der Waals surface area contributed by atoms with Gasteiger partial charge in [0, 0.05) is 43.9 Å². The number of nitrogens with zero attached hydrogens (tertiary/aromatic N) is 2. The minimum absolute atomic E-state index is 0.0627. The fourth-order valence-electron chi connectivity index (χ4n) is 5.80. The highest BCUT2D eigenvalue weighted by Gasteiger charge is 2.58. The molecule has 2 fully saturated rings. The Labute approximate surface area is 240 Å². The summed E-state index contributed by atoms with van der Waals surface area (Å²) in [7, 11) is 6.78. The Hall–Kier alpha value is -3.64. The van der Waals surface area contributed by atoms with Crippen molar-refractivity contribution >= 4 is 54.8 Å². The highest BCUT2D eigenvalue weighted by atomic mass is 19.1. The summed E-state index contributed by atoms with van der Waals surface area (Å²) in [6.07, 6.45) is 0. The Morgan fingerprint density at radius 2 is 1.73 bits per heavy atom. The number of nitrogens with one attached hydrogen (secondary N) is 2. The summed E-state index contributed by atoms with van der Waals surface area (Å²) < 4.78 is 20.4. The summed E-state index contributed by atoms with van der Waals surface area (Å²) in [5, 5.41) is 35.0. The molecule has 2 aromatic rings. The Bertz CT molecular complexity index is 1450. The summed E-state index contributed by atoms with van der Waals surface area (Å²) >= 11 is 0. The number of phenols is 3. The maximum absolute atomic E-state index is 15.1. The number of aromatic hydroxyl groups is 3. The molecular weight excluding hydrogens is 531 g/mol. The first-order valence-electron chi connectivity index (χ1n) is 13.5. The molecule has 11 nitrogen and oxygen atoms in total. The number of anilines is 1. The van der Waals surface area contributed by atoms with Crippen LogP contribution in [0.1, 0.15) is 27.0 Å². The number of morpholine rings is 1. The van der Waals surface area contributed by atoms with Crippen molar-refractivity contribution in [3.05, 3.63) is 46.3 Å². The van der Waals surface area contributed by atoms with Crippen LogP contribution in [-0.2, 0) is 34.0 Å². The van der Waals surface area contributed by atoms with Crippen LogP contribution in [0.25, 0.3) is 0 Å². The van der Waals surface area contributed by atoms with Crippen LogP contribution in [0.5, 0.6) is 17.2 Å². The number of carbonyl (C=O) groups excluding carboxylic acids is 3. The topological polar surface area (TPSA) is 152 Å². The number of halogens is 1. The minimum atomic E-state index is -1.09. The van der Waals surface area contributed by atoms with Crippen LogP contribution in [0, 0.1) is 5.82 Å². The molecule has 0 aromatic heterocycles. The van der Waals surface area contributed by atoms with E-state index in [1.165, 1.54) is 11.0 Å². The van der Waals surface area contributed by atoms with Crippen LogP contribution in [0.2, 0.25) is 10.4 Å². The molecule has 3 aliphatic heterocycles. The molecule has 5 N–H and O–H groups in total. The van der Waals surface area contributed by atoms with Crippen molar-refractivity contribution in [2.24, 2.45) is 0 Å². The number of carbonyl (C=O) groups is 3. The number of hydrogen-bond acceptors (Lipinski definition) is 9. The van der Waals surface area contributed by atoms with Gasteiger partial charge in [0.1, 0.15) is 43.2 Å². The van der Waals surface area contributed by atoms with E-state index in [-0.39, 0.29) is 35.5 Å². The molecule has 5 rings (SSSR count). The molecule has 1 atom stereocenters. The van der Waals surface area contributed by atoms with E-state index >= 15 is 4.39 Å². The van der Waals surface area contributed by atoms with Crippen molar-refractivity contribution in [3.63, 3.8) is 0 Å². The van der Waals surface area contributed by atoms with E-state index in [0.717, 1.165) is 18.7 Å². The first-order valence-corrected chi connectivity index (χ1v) is 13.5. The number of benzene rings is 2. The van der Waals surface area contributed by atoms with Crippen molar-refractivity contribution in [1.29, 1.82) is 0 Å². The van der Waals surface area contributed by atoms with Crippen LogP contribution in [0.4, 0.5) is 10.1 Å². The van der Waals surface area contributed by atoms with E-state index in [1.807, 2.05) is 6.07 Å². The number of rotatable bonds is 6. The average Bonchev–Trinajstić information content (AvgIpc) is 3.24. The van der Waals surface area contributed by atoms with Crippen molar-refractivity contribution < 1.29 is 38.8 Å². The molecule has 3 heterocycles. The number of imide groups is 1. The molecule has 41 heavy (non-hydrogen) atoms. The van der Waals surface area contributed by atoms with Gasteiger partial charge in [0.2, 0.25) is 17.6 Å². The summed E-state index contributed by atoms with van der Waals surface area (Å²) in [4.78, 5) is 42.6. The van der Waals surface area contributed by atoms with Crippen LogP contribution in [0.15, 0.2) is 18.2 Å². The number of fused-ring (bicyclic) bond motifs is 1. The molecule has 0 bridgehead atoms. The van der Waals surface area contributed by atoms with Gasteiger partial charge in [-0.25, -0.2) is 4.39 Å².